The zero-order valence-electron chi connectivity index (χ0n) is 13.8. The SMILES string of the molecule is CC[C@@H](CO)NC(=O)C(=O)Nc1ccc(-c2nnnn2C2CC2)cc1. The second-order valence-electron chi connectivity index (χ2n) is 5.97. The first-order chi connectivity index (χ1) is 12.1. The highest BCUT2D eigenvalue weighted by molar-refractivity contribution is 6.39. The lowest BCUT2D eigenvalue weighted by atomic mass is 10.2. The first-order valence-corrected chi connectivity index (χ1v) is 8.23. The molecule has 9 heteroatoms. The Morgan fingerprint density at radius 1 is 1.28 bits per heavy atom. The molecular weight excluding hydrogens is 324 g/mol. The minimum absolute atomic E-state index is 0.208. The number of carbonyl (C=O) groups is 2. The maximum atomic E-state index is 11.9. The first kappa shape index (κ1) is 17.0. The lowest BCUT2D eigenvalue weighted by Gasteiger charge is -2.13. The monoisotopic (exact) mass is 344 g/mol. The molecule has 0 aliphatic heterocycles. The number of carbonyl (C=O) groups excluding carboxylic acids is 2. The molecule has 1 aromatic heterocycles. The van der Waals surface area contributed by atoms with Crippen LogP contribution in [0.15, 0.2) is 24.3 Å². The van der Waals surface area contributed by atoms with Crippen molar-refractivity contribution < 1.29 is 14.7 Å². The van der Waals surface area contributed by atoms with E-state index in [4.69, 9.17) is 5.11 Å². The Morgan fingerprint density at radius 2 is 2.00 bits per heavy atom. The van der Waals surface area contributed by atoms with E-state index in [1.165, 1.54) is 0 Å². The highest BCUT2D eigenvalue weighted by Gasteiger charge is 2.28. The van der Waals surface area contributed by atoms with E-state index in [1.807, 2.05) is 6.92 Å². The number of aromatic nitrogens is 4. The minimum atomic E-state index is -0.775. The molecule has 1 fully saturated rings. The molecule has 0 bridgehead atoms. The van der Waals surface area contributed by atoms with Crippen LogP contribution in [0.1, 0.15) is 32.2 Å². The molecular formula is C16H20N6O3. The number of hydrogen-bond donors (Lipinski definition) is 3. The number of anilines is 1. The fourth-order valence-corrected chi connectivity index (χ4v) is 2.37. The number of aliphatic hydroxyl groups excluding tert-OH is 1. The standard InChI is InChI=1S/C16H20N6O3/c1-2-11(9-23)17-15(24)16(25)18-12-5-3-10(4-6-12)14-19-20-21-22(14)13-7-8-13/h3-6,11,13,23H,2,7-9H2,1H3,(H,17,24)(H,18,25)/t11-/m0/s1. The van der Waals surface area contributed by atoms with Gasteiger partial charge in [0, 0.05) is 11.3 Å². The quantitative estimate of drug-likeness (QED) is 0.656. The third-order valence-electron chi connectivity index (χ3n) is 4.04. The zero-order valence-corrected chi connectivity index (χ0v) is 13.8. The average Bonchev–Trinajstić information content (AvgIpc) is 3.36. The van der Waals surface area contributed by atoms with Crippen molar-refractivity contribution >= 4 is 17.5 Å². The van der Waals surface area contributed by atoms with Crippen LogP contribution < -0.4 is 10.6 Å². The van der Waals surface area contributed by atoms with Gasteiger partial charge in [-0.05, 0) is 54.0 Å². The Hall–Kier alpha value is -2.81. The van der Waals surface area contributed by atoms with Gasteiger partial charge in [-0.2, -0.15) is 0 Å². The molecule has 1 saturated carbocycles. The number of benzene rings is 1. The topological polar surface area (TPSA) is 122 Å². The van der Waals surface area contributed by atoms with Gasteiger partial charge in [0.25, 0.3) is 0 Å². The third kappa shape index (κ3) is 4.00. The van der Waals surface area contributed by atoms with Gasteiger partial charge in [-0.15, -0.1) is 5.10 Å². The van der Waals surface area contributed by atoms with Crippen molar-refractivity contribution in [3.8, 4) is 11.4 Å². The van der Waals surface area contributed by atoms with E-state index in [-0.39, 0.29) is 6.61 Å². The van der Waals surface area contributed by atoms with Crippen molar-refractivity contribution in [2.75, 3.05) is 11.9 Å². The van der Waals surface area contributed by atoms with Crippen molar-refractivity contribution in [3.63, 3.8) is 0 Å². The van der Waals surface area contributed by atoms with Crippen molar-refractivity contribution in [1.29, 1.82) is 0 Å². The molecule has 2 aromatic rings. The molecule has 3 N–H and O–H groups in total. The fourth-order valence-electron chi connectivity index (χ4n) is 2.37. The summed E-state index contributed by atoms with van der Waals surface area (Å²) >= 11 is 0. The number of amides is 2. The van der Waals surface area contributed by atoms with E-state index in [2.05, 4.69) is 26.2 Å². The number of nitrogens with zero attached hydrogens (tertiary/aromatic N) is 4. The van der Waals surface area contributed by atoms with Crippen LogP contribution in [0.4, 0.5) is 5.69 Å². The molecule has 1 aliphatic rings. The average molecular weight is 344 g/mol. The van der Waals surface area contributed by atoms with Gasteiger partial charge in [-0.1, -0.05) is 6.92 Å². The van der Waals surface area contributed by atoms with Crippen molar-refractivity contribution in [3.05, 3.63) is 24.3 Å². The predicted molar refractivity (Wildman–Crippen MR) is 89.5 cm³/mol. The first-order valence-electron chi connectivity index (χ1n) is 8.23. The van der Waals surface area contributed by atoms with E-state index in [0.29, 0.717) is 24.0 Å². The molecule has 1 aliphatic carbocycles. The molecule has 1 atom stereocenters. The number of rotatable bonds is 6. The van der Waals surface area contributed by atoms with E-state index >= 15 is 0 Å². The minimum Gasteiger partial charge on any atom is -0.394 e. The Morgan fingerprint density at radius 3 is 2.60 bits per heavy atom. The molecule has 0 spiro atoms. The van der Waals surface area contributed by atoms with Crippen LogP contribution in [0.3, 0.4) is 0 Å². The molecule has 3 rings (SSSR count). The van der Waals surface area contributed by atoms with Gasteiger partial charge < -0.3 is 15.7 Å². The molecule has 0 unspecified atom stereocenters. The van der Waals surface area contributed by atoms with Gasteiger partial charge in [0.1, 0.15) is 0 Å². The number of tetrazole rings is 1. The normalized spacial score (nSPS) is 14.8. The van der Waals surface area contributed by atoms with Crippen LogP contribution >= 0.6 is 0 Å². The molecule has 1 aromatic carbocycles. The summed E-state index contributed by atoms with van der Waals surface area (Å²) in [6.07, 6.45) is 2.70. The highest BCUT2D eigenvalue weighted by atomic mass is 16.3. The van der Waals surface area contributed by atoms with Crippen LogP contribution in [-0.2, 0) is 9.59 Å². The molecule has 9 nitrogen and oxygen atoms in total. The van der Waals surface area contributed by atoms with Gasteiger partial charge in [0.15, 0.2) is 5.82 Å². The maximum Gasteiger partial charge on any atom is 0.313 e. The van der Waals surface area contributed by atoms with E-state index in [0.717, 1.165) is 18.4 Å². The molecule has 2 amide bonds. The summed E-state index contributed by atoms with van der Waals surface area (Å²) < 4.78 is 1.81. The Bertz CT molecular complexity index is 749. The fraction of sp³-hybridized carbons (Fsp3) is 0.438. The van der Waals surface area contributed by atoms with E-state index in [1.54, 1.807) is 28.9 Å². The second kappa shape index (κ2) is 7.39. The van der Waals surface area contributed by atoms with E-state index < -0.39 is 17.9 Å². The third-order valence-corrected chi connectivity index (χ3v) is 4.04. The summed E-state index contributed by atoms with van der Waals surface area (Å²) in [7, 11) is 0. The van der Waals surface area contributed by atoms with Gasteiger partial charge >= 0.3 is 11.8 Å². The maximum absolute atomic E-state index is 11.9. The summed E-state index contributed by atoms with van der Waals surface area (Å²) in [6, 6.07) is 6.90. The Balaban J connectivity index is 1.63. The highest BCUT2D eigenvalue weighted by Crippen LogP contribution is 2.36. The van der Waals surface area contributed by atoms with Crippen LogP contribution in [-0.4, -0.2) is 49.8 Å². The number of aliphatic hydroxyl groups is 1. The summed E-state index contributed by atoms with van der Waals surface area (Å²) in [6.45, 7) is 1.60. The van der Waals surface area contributed by atoms with Crippen LogP contribution in [0.5, 0.6) is 0 Å². The molecule has 1 heterocycles. The lowest BCUT2D eigenvalue weighted by molar-refractivity contribution is -0.136. The summed E-state index contributed by atoms with van der Waals surface area (Å²) in [5.41, 5.74) is 1.33. The van der Waals surface area contributed by atoms with Crippen molar-refractivity contribution in [2.24, 2.45) is 0 Å². The van der Waals surface area contributed by atoms with Crippen LogP contribution in [0, 0.1) is 0 Å². The van der Waals surface area contributed by atoms with Gasteiger partial charge in [-0.3, -0.25) is 9.59 Å². The molecule has 0 saturated heterocycles. The zero-order chi connectivity index (χ0) is 17.8. The second-order valence-corrected chi connectivity index (χ2v) is 5.97. The van der Waals surface area contributed by atoms with Crippen LogP contribution in [0.25, 0.3) is 11.4 Å². The Kier molecular flexibility index (Phi) is 5.03. The van der Waals surface area contributed by atoms with Gasteiger partial charge in [0.05, 0.1) is 18.7 Å². The molecule has 0 radical (unpaired) electrons. The molecule has 132 valence electrons. The smallest absolute Gasteiger partial charge is 0.313 e. The van der Waals surface area contributed by atoms with Gasteiger partial charge in [-0.25, -0.2) is 4.68 Å². The summed E-state index contributed by atoms with van der Waals surface area (Å²) in [5.74, 6) is -0.864. The van der Waals surface area contributed by atoms with Crippen molar-refractivity contribution in [1.82, 2.24) is 25.5 Å². The Labute approximate surface area is 144 Å². The summed E-state index contributed by atoms with van der Waals surface area (Å²) in [5, 5.41) is 25.8. The largest absolute Gasteiger partial charge is 0.394 e. The van der Waals surface area contributed by atoms with Crippen LogP contribution in [0.2, 0.25) is 0 Å². The molecule has 25 heavy (non-hydrogen) atoms. The van der Waals surface area contributed by atoms with Gasteiger partial charge in [0.2, 0.25) is 0 Å². The number of nitrogens with one attached hydrogen (secondary N) is 2. The number of hydrogen-bond acceptors (Lipinski definition) is 6. The lowest BCUT2D eigenvalue weighted by Crippen LogP contribution is -2.43. The summed E-state index contributed by atoms with van der Waals surface area (Å²) in [4.78, 5) is 23.7. The predicted octanol–water partition coefficient (Wildman–Crippen LogP) is 0.501. The van der Waals surface area contributed by atoms with Crippen molar-refractivity contribution in [2.45, 2.75) is 38.3 Å². The van der Waals surface area contributed by atoms with E-state index in [9.17, 15) is 9.59 Å².